The molecule has 0 amide bonds. The number of aromatic nitrogens is 2. The number of hydrogen-bond donors (Lipinski definition) is 1. The van der Waals surface area contributed by atoms with E-state index in [-0.39, 0.29) is 5.56 Å². The number of fused-ring (bicyclic) bond motifs is 1. The third-order valence-corrected chi connectivity index (χ3v) is 6.10. The molecule has 3 aromatic rings. The van der Waals surface area contributed by atoms with Crippen molar-refractivity contribution in [2.45, 2.75) is 32.4 Å². The molecule has 0 spiro atoms. The summed E-state index contributed by atoms with van der Waals surface area (Å²) in [7, 11) is 1.61. The van der Waals surface area contributed by atoms with E-state index in [2.05, 4.69) is 9.88 Å². The van der Waals surface area contributed by atoms with Crippen LogP contribution in [0.1, 0.15) is 24.8 Å². The van der Waals surface area contributed by atoms with Gasteiger partial charge in [-0.1, -0.05) is 35.7 Å². The molecule has 1 aliphatic rings. The van der Waals surface area contributed by atoms with Crippen LogP contribution < -0.4 is 16.0 Å². The number of benzene rings is 1. The Morgan fingerprint density at radius 1 is 1.03 bits per heavy atom. The van der Waals surface area contributed by atoms with E-state index < -0.39 is 0 Å². The van der Waals surface area contributed by atoms with Gasteiger partial charge < -0.3 is 19.9 Å². The number of rotatable bonds is 5. The van der Waals surface area contributed by atoms with Gasteiger partial charge in [0.05, 0.1) is 34.4 Å². The zero-order valence-corrected chi connectivity index (χ0v) is 19.2. The van der Waals surface area contributed by atoms with Crippen LogP contribution in [0.25, 0.3) is 11.0 Å². The molecule has 3 heterocycles. The third-order valence-electron chi connectivity index (χ3n) is 5.36. The molecular weight excluding hydrogens is 435 g/mol. The summed E-state index contributed by atoms with van der Waals surface area (Å²) in [6, 6.07) is 10.6. The van der Waals surface area contributed by atoms with Gasteiger partial charge in [-0.15, -0.1) is 0 Å². The van der Waals surface area contributed by atoms with Crippen LogP contribution in [0.4, 0.5) is 0 Å². The summed E-state index contributed by atoms with van der Waals surface area (Å²) in [6.07, 6.45) is 5.53. The Balaban J connectivity index is 0.000000229. The van der Waals surface area contributed by atoms with Crippen LogP contribution >= 0.6 is 23.2 Å². The van der Waals surface area contributed by atoms with E-state index in [1.165, 1.54) is 19.3 Å². The Bertz CT molecular complexity index is 1070. The Hall–Kier alpha value is -2.12. The van der Waals surface area contributed by atoms with Crippen molar-refractivity contribution >= 4 is 34.2 Å². The molecule has 0 saturated carbocycles. The van der Waals surface area contributed by atoms with Gasteiger partial charge in [-0.2, -0.15) is 0 Å². The number of piperidine rings is 1. The predicted molar refractivity (Wildman–Crippen MR) is 127 cm³/mol. The molecule has 0 atom stereocenters. The van der Waals surface area contributed by atoms with Gasteiger partial charge in [0.1, 0.15) is 5.75 Å². The Morgan fingerprint density at radius 3 is 2.48 bits per heavy atom. The lowest BCUT2D eigenvalue weighted by Crippen LogP contribution is -2.34. The zero-order chi connectivity index (χ0) is 22.2. The third kappa shape index (κ3) is 6.43. The summed E-state index contributed by atoms with van der Waals surface area (Å²) in [5.41, 5.74) is 8.06. The summed E-state index contributed by atoms with van der Waals surface area (Å²) < 4.78 is 7.03. The summed E-state index contributed by atoms with van der Waals surface area (Å²) in [6.45, 7) is 4.39. The molecule has 31 heavy (non-hydrogen) atoms. The lowest BCUT2D eigenvalue weighted by Gasteiger charge is -2.26. The molecule has 8 heteroatoms. The van der Waals surface area contributed by atoms with Gasteiger partial charge in [0, 0.05) is 31.8 Å². The highest BCUT2D eigenvalue weighted by molar-refractivity contribution is 6.42. The number of likely N-dealkylation sites (tertiary alicyclic amines) is 1. The monoisotopic (exact) mass is 462 g/mol. The second-order valence-electron chi connectivity index (χ2n) is 7.46. The molecule has 6 nitrogen and oxygen atoms in total. The zero-order valence-electron chi connectivity index (χ0n) is 17.7. The minimum atomic E-state index is 0.0227. The topological polar surface area (TPSA) is 73.4 Å². The second kappa shape index (κ2) is 11.5. The lowest BCUT2D eigenvalue weighted by molar-refractivity contribution is 0.221. The molecule has 4 rings (SSSR count). The highest BCUT2D eigenvalue weighted by Crippen LogP contribution is 2.22. The van der Waals surface area contributed by atoms with Crippen LogP contribution in [-0.2, 0) is 13.1 Å². The number of nitrogens with two attached hydrogens (primary N) is 1. The van der Waals surface area contributed by atoms with Crippen LogP contribution in [0.15, 0.2) is 47.4 Å². The summed E-state index contributed by atoms with van der Waals surface area (Å²) in [5.74, 6) is 0.680. The molecule has 1 fully saturated rings. The minimum absolute atomic E-state index is 0.0227. The highest BCUT2D eigenvalue weighted by Gasteiger charge is 2.11. The first-order valence-corrected chi connectivity index (χ1v) is 11.2. The van der Waals surface area contributed by atoms with E-state index in [4.69, 9.17) is 33.7 Å². The van der Waals surface area contributed by atoms with Gasteiger partial charge in [0.25, 0.3) is 5.56 Å². The van der Waals surface area contributed by atoms with Gasteiger partial charge in [-0.05, 0) is 49.7 Å². The number of ether oxygens (including phenoxy) is 1. The lowest BCUT2D eigenvalue weighted by atomic mass is 10.1. The van der Waals surface area contributed by atoms with Gasteiger partial charge in [0.2, 0.25) is 0 Å². The number of hydrogen-bond acceptors (Lipinski definition) is 5. The highest BCUT2D eigenvalue weighted by atomic mass is 35.5. The van der Waals surface area contributed by atoms with Gasteiger partial charge in [-0.25, -0.2) is 0 Å². The van der Waals surface area contributed by atoms with Crippen molar-refractivity contribution < 1.29 is 4.74 Å². The van der Waals surface area contributed by atoms with Crippen LogP contribution in [-0.4, -0.2) is 41.2 Å². The van der Waals surface area contributed by atoms with Crippen LogP contribution in [0.5, 0.6) is 5.75 Å². The molecule has 1 aliphatic heterocycles. The van der Waals surface area contributed by atoms with Crippen LogP contribution in [0, 0.1) is 0 Å². The molecule has 2 aromatic heterocycles. The molecule has 0 unspecified atom stereocenters. The summed E-state index contributed by atoms with van der Waals surface area (Å²) >= 11 is 11.4. The maximum Gasteiger partial charge on any atom is 0.251 e. The SMILES string of the molecule is COc1cnc2ccc(=O)n(CCN3CCCCC3)c2c1.NCc1ccc(Cl)c(Cl)c1. The number of pyridine rings is 2. The molecule has 0 radical (unpaired) electrons. The van der Waals surface area contributed by atoms with Crippen molar-refractivity contribution in [3.05, 3.63) is 68.6 Å². The smallest absolute Gasteiger partial charge is 0.251 e. The number of methoxy groups -OCH3 is 1. The van der Waals surface area contributed by atoms with Crippen LogP contribution in [0.3, 0.4) is 0 Å². The van der Waals surface area contributed by atoms with Gasteiger partial charge >= 0.3 is 0 Å². The molecule has 0 bridgehead atoms. The maximum absolute atomic E-state index is 12.2. The number of halogens is 2. The van der Waals surface area contributed by atoms with Crippen molar-refractivity contribution in [3.8, 4) is 5.75 Å². The molecule has 0 aliphatic carbocycles. The Kier molecular flexibility index (Phi) is 8.72. The van der Waals surface area contributed by atoms with Crippen LogP contribution in [0.2, 0.25) is 10.0 Å². The van der Waals surface area contributed by atoms with E-state index in [9.17, 15) is 4.79 Å². The van der Waals surface area contributed by atoms with Gasteiger partial charge in [0.15, 0.2) is 0 Å². The maximum atomic E-state index is 12.2. The van der Waals surface area contributed by atoms with E-state index in [0.29, 0.717) is 28.9 Å². The van der Waals surface area contributed by atoms with E-state index in [1.807, 2.05) is 12.1 Å². The summed E-state index contributed by atoms with van der Waals surface area (Å²) in [4.78, 5) is 19.0. The quantitative estimate of drug-likeness (QED) is 0.610. The Labute approximate surface area is 192 Å². The fraction of sp³-hybridized carbons (Fsp3) is 0.391. The van der Waals surface area contributed by atoms with Crippen molar-refractivity contribution in [1.29, 1.82) is 0 Å². The minimum Gasteiger partial charge on any atom is -0.495 e. The van der Waals surface area contributed by atoms with Crippen molar-refractivity contribution in [3.63, 3.8) is 0 Å². The molecular formula is C23H28Cl2N4O2. The predicted octanol–water partition coefficient (Wildman–Crippen LogP) is 4.34. The van der Waals surface area contributed by atoms with E-state index in [1.54, 1.807) is 42.1 Å². The standard InChI is InChI=1S/C16H21N3O2.C7H7Cl2N/c1-21-13-11-15-14(17-12-13)5-6-16(20)19(15)10-9-18-7-3-2-4-8-18;8-6-2-1-5(4-10)3-7(6)9/h5-6,11-12H,2-4,7-10H2,1H3;1-3H,4,10H2. The first kappa shape index (κ1) is 23.5. The fourth-order valence-corrected chi connectivity index (χ4v) is 3.90. The average Bonchev–Trinajstić information content (AvgIpc) is 2.81. The van der Waals surface area contributed by atoms with E-state index in [0.717, 1.165) is 36.2 Å². The van der Waals surface area contributed by atoms with Crippen molar-refractivity contribution in [2.75, 3.05) is 26.7 Å². The molecule has 166 valence electrons. The molecule has 1 aromatic carbocycles. The van der Waals surface area contributed by atoms with Crippen molar-refractivity contribution in [2.24, 2.45) is 5.73 Å². The summed E-state index contributed by atoms with van der Waals surface area (Å²) in [5, 5.41) is 1.13. The van der Waals surface area contributed by atoms with Crippen molar-refractivity contribution in [1.82, 2.24) is 14.5 Å². The number of nitrogens with zero attached hydrogens (tertiary/aromatic N) is 3. The first-order chi connectivity index (χ1) is 15.0. The Morgan fingerprint density at radius 2 is 1.81 bits per heavy atom. The molecule has 1 saturated heterocycles. The normalized spacial score (nSPS) is 14.2. The van der Waals surface area contributed by atoms with Gasteiger partial charge in [-0.3, -0.25) is 9.78 Å². The largest absolute Gasteiger partial charge is 0.495 e. The average molecular weight is 463 g/mol. The first-order valence-electron chi connectivity index (χ1n) is 10.4. The molecule has 2 N–H and O–H groups in total. The fourth-order valence-electron chi connectivity index (χ4n) is 3.58. The second-order valence-corrected chi connectivity index (χ2v) is 8.27. The van der Waals surface area contributed by atoms with E-state index >= 15 is 0 Å².